The molecule has 4 heteroatoms. The van der Waals surface area contributed by atoms with Crippen molar-refractivity contribution in [1.29, 1.82) is 0 Å². The highest BCUT2D eigenvalue weighted by molar-refractivity contribution is 7.90. The Morgan fingerprint density at radius 3 is 2.31 bits per heavy atom. The highest BCUT2D eigenvalue weighted by Crippen LogP contribution is 2.11. The summed E-state index contributed by atoms with van der Waals surface area (Å²) in [6.07, 6.45) is 6.19. The second-order valence-electron chi connectivity index (χ2n) is 4.82. The number of hydrogen-bond acceptors (Lipinski definition) is 3. The molecule has 0 aliphatic rings. The van der Waals surface area contributed by atoms with Crippen molar-refractivity contribution < 1.29 is 8.42 Å². The number of nitrogens with one attached hydrogen (secondary N) is 1. The largest absolute Gasteiger partial charge is 0.313 e. The standard InChI is InChI=1S/C12H27NO2S/c1-5-7-8-12(6-2)9-13-11(3)10-16(4,14)15/h11-13H,5-10H2,1-4H3. The zero-order valence-electron chi connectivity index (χ0n) is 11.1. The van der Waals surface area contributed by atoms with E-state index in [-0.39, 0.29) is 11.8 Å². The predicted octanol–water partition coefficient (Wildman–Crippen LogP) is 2.23. The fourth-order valence-corrected chi connectivity index (χ4v) is 2.85. The molecular formula is C12H27NO2S. The van der Waals surface area contributed by atoms with Gasteiger partial charge in [-0.15, -0.1) is 0 Å². The van der Waals surface area contributed by atoms with E-state index in [0.29, 0.717) is 5.92 Å². The minimum absolute atomic E-state index is 0.0608. The quantitative estimate of drug-likeness (QED) is 0.681. The van der Waals surface area contributed by atoms with Gasteiger partial charge in [-0.3, -0.25) is 0 Å². The molecule has 2 atom stereocenters. The minimum Gasteiger partial charge on any atom is -0.313 e. The molecule has 0 aromatic carbocycles. The van der Waals surface area contributed by atoms with E-state index in [9.17, 15) is 8.42 Å². The summed E-state index contributed by atoms with van der Waals surface area (Å²) in [4.78, 5) is 0. The van der Waals surface area contributed by atoms with Crippen molar-refractivity contribution in [3.05, 3.63) is 0 Å². The van der Waals surface area contributed by atoms with Crippen molar-refractivity contribution in [2.24, 2.45) is 5.92 Å². The van der Waals surface area contributed by atoms with Gasteiger partial charge in [0.1, 0.15) is 9.84 Å². The second-order valence-corrected chi connectivity index (χ2v) is 7.00. The maximum Gasteiger partial charge on any atom is 0.148 e. The molecule has 0 spiro atoms. The first kappa shape index (κ1) is 15.9. The molecule has 0 saturated carbocycles. The van der Waals surface area contributed by atoms with Crippen LogP contribution in [0, 0.1) is 5.92 Å². The summed E-state index contributed by atoms with van der Waals surface area (Å²) >= 11 is 0. The number of unbranched alkanes of at least 4 members (excludes halogenated alkanes) is 1. The third-order valence-corrected chi connectivity index (χ3v) is 3.96. The molecule has 0 aromatic rings. The van der Waals surface area contributed by atoms with Crippen LogP contribution in [0.15, 0.2) is 0 Å². The lowest BCUT2D eigenvalue weighted by atomic mass is 9.99. The maximum absolute atomic E-state index is 11.1. The third kappa shape index (κ3) is 9.16. The lowest BCUT2D eigenvalue weighted by molar-refractivity contribution is 0.402. The molecule has 0 aromatic heterocycles. The first-order chi connectivity index (χ1) is 7.39. The van der Waals surface area contributed by atoms with Crippen molar-refractivity contribution in [1.82, 2.24) is 5.32 Å². The summed E-state index contributed by atoms with van der Waals surface area (Å²) in [5.74, 6) is 0.916. The van der Waals surface area contributed by atoms with E-state index in [4.69, 9.17) is 0 Å². The van der Waals surface area contributed by atoms with Crippen LogP contribution in [0.1, 0.15) is 46.5 Å². The molecule has 0 aliphatic heterocycles. The first-order valence-corrected chi connectivity index (χ1v) is 8.36. The fraction of sp³-hybridized carbons (Fsp3) is 1.00. The predicted molar refractivity (Wildman–Crippen MR) is 70.5 cm³/mol. The average Bonchev–Trinajstić information content (AvgIpc) is 2.15. The zero-order valence-corrected chi connectivity index (χ0v) is 11.9. The Hall–Kier alpha value is -0.0900. The molecule has 0 amide bonds. The second kappa shape index (κ2) is 8.07. The Morgan fingerprint density at radius 1 is 1.25 bits per heavy atom. The molecule has 1 N–H and O–H groups in total. The molecule has 0 bridgehead atoms. The van der Waals surface area contributed by atoms with E-state index >= 15 is 0 Å². The lowest BCUT2D eigenvalue weighted by Crippen LogP contribution is -2.36. The van der Waals surface area contributed by atoms with Gasteiger partial charge in [0.15, 0.2) is 0 Å². The molecule has 98 valence electrons. The molecule has 0 aliphatic carbocycles. The molecule has 0 rings (SSSR count). The van der Waals surface area contributed by atoms with Gasteiger partial charge in [0, 0.05) is 12.3 Å². The first-order valence-electron chi connectivity index (χ1n) is 6.30. The van der Waals surface area contributed by atoms with Gasteiger partial charge in [-0.2, -0.15) is 0 Å². The SMILES string of the molecule is CCCCC(CC)CNC(C)CS(C)(=O)=O. The van der Waals surface area contributed by atoms with E-state index < -0.39 is 9.84 Å². The van der Waals surface area contributed by atoms with Crippen molar-refractivity contribution >= 4 is 9.84 Å². The number of rotatable bonds is 9. The van der Waals surface area contributed by atoms with Gasteiger partial charge in [0.25, 0.3) is 0 Å². The lowest BCUT2D eigenvalue weighted by Gasteiger charge is -2.19. The molecule has 0 radical (unpaired) electrons. The summed E-state index contributed by atoms with van der Waals surface area (Å²) in [6.45, 7) is 7.27. The Balaban J connectivity index is 3.83. The summed E-state index contributed by atoms with van der Waals surface area (Å²) in [5.41, 5.74) is 0. The number of sulfone groups is 1. The molecular weight excluding hydrogens is 222 g/mol. The van der Waals surface area contributed by atoms with Crippen LogP contribution in [0.3, 0.4) is 0 Å². The summed E-state index contributed by atoms with van der Waals surface area (Å²) in [5, 5.41) is 3.32. The van der Waals surface area contributed by atoms with E-state index in [0.717, 1.165) is 6.54 Å². The van der Waals surface area contributed by atoms with Crippen molar-refractivity contribution in [2.75, 3.05) is 18.6 Å². The Kier molecular flexibility index (Phi) is 8.02. The van der Waals surface area contributed by atoms with Gasteiger partial charge in [0.2, 0.25) is 0 Å². The molecule has 0 fully saturated rings. The number of hydrogen-bond donors (Lipinski definition) is 1. The third-order valence-electron chi connectivity index (χ3n) is 2.85. The molecule has 0 heterocycles. The van der Waals surface area contributed by atoms with Crippen LogP contribution in [0.5, 0.6) is 0 Å². The Morgan fingerprint density at radius 2 is 1.88 bits per heavy atom. The van der Waals surface area contributed by atoms with Crippen LogP contribution < -0.4 is 5.32 Å². The Bertz CT molecular complexity index is 262. The van der Waals surface area contributed by atoms with Gasteiger partial charge in [-0.1, -0.05) is 33.1 Å². The van der Waals surface area contributed by atoms with Gasteiger partial charge in [-0.25, -0.2) is 8.42 Å². The molecule has 0 saturated heterocycles. The van der Waals surface area contributed by atoms with Gasteiger partial charge in [-0.05, 0) is 25.8 Å². The van der Waals surface area contributed by atoms with E-state index in [1.165, 1.54) is 31.9 Å². The van der Waals surface area contributed by atoms with Crippen molar-refractivity contribution in [2.45, 2.75) is 52.5 Å². The highest BCUT2D eigenvalue weighted by atomic mass is 32.2. The topological polar surface area (TPSA) is 46.2 Å². The van der Waals surface area contributed by atoms with E-state index in [1.807, 2.05) is 6.92 Å². The van der Waals surface area contributed by atoms with Crippen LogP contribution >= 0.6 is 0 Å². The average molecular weight is 249 g/mol. The smallest absolute Gasteiger partial charge is 0.148 e. The maximum atomic E-state index is 11.1. The zero-order chi connectivity index (χ0) is 12.6. The Labute approximate surface area is 101 Å². The summed E-state index contributed by atoms with van der Waals surface area (Å²) in [6, 6.07) is 0.0608. The van der Waals surface area contributed by atoms with Crippen LogP contribution in [0.25, 0.3) is 0 Å². The van der Waals surface area contributed by atoms with Crippen LogP contribution in [0.4, 0.5) is 0 Å². The van der Waals surface area contributed by atoms with Gasteiger partial charge >= 0.3 is 0 Å². The monoisotopic (exact) mass is 249 g/mol. The fourth-order valence-electron chi connectivity index (χ4n) is 1.82. The molecule has 2 unspecified atom stereocenters. The van der Waals surface area contributed by atoms with Gasteiger partial charge in [0.05, 0.1) is 5.75 Å². The van der Waals surface area contributed by atoms with Crippen molar-refractivity contribution in [3.8, 4) is 0 Å². The van der Waals surface area contributed by atoms with Crippen LogP contribution in [-0.2, 0) is 9.84 Å². The minimum atomic E-state index is -2.86. The van der Waals surface area contributed by atoms with Crippen molar-refractivity contribution in [3.63, 3.8) is 0 Å². The molecule has 3 nitrogen and oxygen atoms in total. The molecule has 16 heavy (non-hydrogen) atoms. The summed E-state index contributed by atoms with van der Waals surface area (Å²) in [7, 11) is -2.86. The van der Waals surface area contributed by atoms with Crippen LogP contribution in [0.2, 0.25) is 0 Å². The highest BCUT2D eigenvalue weighted by Gasteiger charge is 2.12. The van der Waals surface area contributed by atoms with E-state index in [2.05, 4.69) is 19.2 Å². The van der Waals surface area contributed by atoms with Gasteiger partial charge < -0.3 is 5.32 Å². The normalized spacial score (nSPS) is 16.0. The summed E-state index contributed by atoms with van der Waals surface area (Å²) < 4.78 is 22.2. The van der Waals surface area contributed by atoms with E-state index in [1.54, 1.807) is 0 Å². The van der Waals surface area contributed by atoms with Crippen LogP contribution in [-0.4, -0.2) is 33.0 Å².